The first kappa shape index (κ1) is 14.3. The number of halogens is 2. The average molecular weight is 366 g/mol. The van der Waals surface area contributed by atoms with E-state index < -0.39 is 0 Å². The number of fused-ring (bicyclic) bond motifs is 1. The maximum atomic E-state index is 6.11. The van der Waals surface area contributed by atoms with E-state index in [1.165, 1.54) is 10.9 Å². The van der Waals surface area contributed by atoms with Crippen LogP contribution in [0.4, 0.5) is 5.69 Å². The van der Waals surface area contributed by atoms with E-state index in [0.717, 1.165) is 21.4 Å². The van der Waals surface area contributed by atoms with Crippen molar-refractivity contribution in [2.45, 2.75) is 6.54 Å². The fourth-order valence-corrected chi connectivity index (χ4v) is 3.37. The van der Waals surface area contributed by atoms with Crippen LogP contribution in [0, 0.1) is 0 Å². The normalized spacial score (nSPS) is 10.8. The first-order valence-electron chi connectivity index (χ1n) is 6.51. The summed E-state index contributed by atoms with van der Waals surface area (Å²) in [5.74, 6) is 0.751. The van der Waals surface area contributed by atoms with Crippen LogP contribution in [-0.2, 0) is 6.54 Å². The second kappa shape index (κ2) is 6.00. The molecule has 1 heterocycles. The summed E-state index contributed by atoms with van der Waals surface area (Å²) in [6, 6.07) is 12.0. The Labute approximate surface area is 136 Å². The highest BCUT2D eigenvalue weighted by Gasteiger charge is 2.10. The number of hydrogen-bond donors (Lipinski definition) is 2. The predicted molar refractivity (Wildman–Crippen MR) is 91.3 cm³/mol. The molecule has 0 unspecified atom stereocenters. The van der Waals surface area contributed by atoms with Crippen molar-refractivity contribution in [3.8, 4) is 5.75 Å². The highest BCUT2D eigenvalue weighted by atomic mass is 79.9. The van der Waals surface area contributed by atoms with Crippen LogP contribution >= 0.6 is 27.5 Å². The highest BCUT2D eigenvalue weighted by Crippen LogP contribution is 2.36. The monoisotopic (exact) mass is 364 g/mol. The molecule has 3 nitrogen and oxygen atoms in total. The van der Waals surface area contributed by atoms with Gasteiger partial charge in [0.1, 0.15) is 0 Å². The molecule has 2 N–H and O–H groups in total. The third kappa shape index (κ3) is 2.87. The number of H-pyrrole nitrogens is 1. The molecular formula is C16H14BrClN2O. The summed E-state index contributed by atoms with van der Waals surface area (Å²) in [6.45, 7) is 0.693. The van der Waals surface area contributed by atoms with Crippen molar-refractivity contribution in [2.24, 2.45) is 0 Å². The number of aromatic amines is 1. The second-order valence-electron chi connectivity index (χ2n) is 4.68. The molecule has 0 aliphatic carbocycles. The molecule has 0 saturated carbocycles. The predicted octanol–water partition coefficient (Wildman–Crippen LogP) is 5.20. The standard InChI is InChI=1S/C16H14BrClN2O/c1-21-16-13(17)7-11(18)8-15(16)20-9-10-3-2-4-14-12(10)5-6-19-14/h2-8,19-20H,9H2,1H3. The third-order valence-corrected chi connectivity index (χ3v) is 4.17. The Balaban J connectivity index is 1.90. The van der Waals surface area contributed by atoms with Gasteiger partial charge in [-0.3, -0.25) is 0 Å². The lowest BCUT2D eigenvalue weighted by Gasteiger charge is -2.14. The Bertz CT molecular complexity index is 785. The summed E-state index contributed by atoms with van der Waals surface area (Å²) in [6.07, 6.45) is 1.95. The number of hydrogen-bond acceptors (Lipinski definition) is 2. The largest absolute Gasteiger partial charge is 0.493 e. The molecule has 0 atom stereocenters. The molecule has 0 radical (unpaired) electrons. The van der Waals surface area contributed by atoms with Gasteiger partial charge in [0, 0.05) is 28.7 Å². The summed E-state index contributed by atoms with van der Waals surface area (Å²) < 4.78 is 6.25. The number of ether oxygens (including phenoxy) is 1. The maximum absolute atomic E-state index is 6.11. The zero-order valence-electron chi connectivity index (χ0n) is 11.4. The van der Waals surface area contributed by atoms with Crippen molar-refractivity contribution in [1.82, 2.24) is 4.98 Å². The molecular weight excluding hydrogens is 352 g/mol. The number of anilines is 1. The van der Waals surface area contributed by atoms with Crippen LogP contribution in [0.2, 0.25) is 5.02 Å². The van der Waals surface area contributed by atoms with Crippen molar-refractivity contribution < 1.29 is 4.74 Å². The van der Waals surface area contributed by atoms with Crippen LogP contribution in [0.15, 0.2) is 47.1 Å². The Hall–Kier alpha value is -1.65. The minimum atomic E-state index is 0.657. The maximum Gasteiger partial charge on any atom is 0.156 e. The van der Waals surface area contributed by atoms with Crippen molar-refractivity contribution in [2.75, 3.05) is 12.4 Å². The van der Waals surface area contributed by atoms with Crippen LogP contribution in [0.5, 0.6) is 5.75 Å². The topological polar surface area (TPSA) is 37.0 Å². The van der Waals surface area contributed by atoms with Gasteiger partial charge >= 0.3 is 0 Å². The van der Waals surface area contributed by atoms with E-state index in [1.54, 1.807) is 7.11 Å². The Kier molecular flexibility index (Phi) is 4.08. The zero-order chi connectivity index (χ0) is 14.8. The molecule has 108 valence electrons. The van der Waals surface area contributed by atoms with E-state index in [1.807, 2.05) is 24.4 Å². The minimum Gasteiger partial charge on any atom is -0.493 e. The van der Waals surface area contributed by atoms with Gasteiger partial charge in [-0.15, -0.1) is 0 Å². The molecule has 0 spiro atoms. The van der Waals surface area contributed by atoms with Gasteiger partial charge in [0.25, 0.3) is 0 Å². The minimum absolute atomic E-state index is 0.657. The first-order chi connectivity index (χ1) is 10.2. The lowest BCUT2D eigenvalue weighted by molar-refractivity contribution is 0.414. The zero-order valence-corrected chi connectivity index (χ0v) is 13.8. The summed E-state index contributed by atoms with van der Waals surface area (Å²) in [7, 11) is 1.64. The first-order valence-corrected chi connectivity index (χ1v) is 7.68. The number of benzene rings is 2. The Morgan fingerprint density at radius 2 is 2.14 bits per heavy atom. The van der Waals surface area contributed by atoms with Crippen molar-refractivity contribution in [3.63, 3.8) is 0 Å². The highest BCUT2D eigenvalue weighted by molar-refractivity contribution is 9.10. The number of methoxy groups -OCH3 is 1. The van der Waals surface area contributed by atoms with E-state index in [2.05, 4.69) is 44.4 Å². The molecule has 0 saturated heterocycles. The molecule has 5 heteroatoms. The van der Waals surface area contributed by atoms with E-state index in [4.69, 9.17) is 16.3 Å². The lowest BCUT2D eigenvalue weighted by atomic mass is 10.1. The molecule has 3 aromatic rings. The van der Waals surface area contributed by atoms with Gasteiger partial charge < -0.3 is 15.0 Å². The van der Waals surface area contributed by atoms with Gasteiger partial charge in [-0.1, -0.05) is 23.7 Å². The van der Waals surface area contributed by atoms with E-state index in [9.17, 15) is 0 Å². The van der Waals surface area contributed by atoms with Gasteiger partial charge in [-0.2, -0.15) is 0 Å². The van der Waals surface area contributed by atoms with E-state index >= 15 is 0 Å². The summed E-state index contributed by atoms with van der Waals surface area (Å²) in [5.41, 5.74) is 3.21. The molecule has 2 aromatic carbocycles. The molecule has 0 aliphatic rings. The molecule has 3 rings (SSSR count). The average Bonchev–Trinajstić information content (AvgIpc) is 2.93. The molecule has 0 bridgehead atoms. The van der Waals surface area contributed by atoms with Gasteiger partial charge in [0.2, 0.25) is 0 Å². The SMILES string of the molecule is COc1c(Br)cc(Cl)cc1NCc1cccc2[nH]ccc12. The third-order valence-electron chi connectivity index (χ3n) is 3.37. The van der Waals surface area contributed by atoms with E-state index in [0.29, 0.717) is 11.6 Å². The molecule has 0 aliphatic heterocycles. The van der Waals surface area contributed by atoms with Crippen LogP contribution in [0.1, 0.15) is 5.56 Å². The van der Waals surface area contributed by atoms with Gasteiger partial charge in [-0.05, 0) is 45.8 Å². The van der Waals surface area contributed by atoms with Crippen molar-refractivity contribution in [1.29, 1.82) is 0 Å². The van der Waals surface area contributed by atoms with Gasteiger partial charge in [0.15, 0.2) is 5.75 Å². The summed E-state index contributed by atoms with van der Waals surface area (Å²) in [4.78, 5) is 3.22. The summed E-state index contributed by atoms with van der Waals surface area (Å²) >= 11 is 9.57. The van der Waals surface area contributed by atoms with Gasteiger partial charge in [0.05, 0.1) is 17.3 Å². The number of aromatic nitrogens is 1. The molecule has 0 fully saturated rings. The van der Waals surface area contributed by atoms with Crippen LogP contribution in [-0.4, -0.2) is 12.1 Å². The van der Waals surface area contributed by atoms with E-state index in [-0.39, 0.29) is 0 Å². The Morgan fingerprint density at radius 3 is 2.95 bits per heavy atom. The smallest absolute Gasteiger partial charge is 0.156 e. The number of rotatable bonds is 4. The molecule has 1 aromatic heterocycles. The quantitative estimate of drug-likeness (QED) is 0.666. The molecule has 0 amide bonds. The van der Waals surface area contributed by atoms with Crippen molar-refractivity contribution >= 4 is 44.1 Å². The second-order valence-corrected chi connectivity index (χ2v) is 5.97. The van der Waals surface area contributed by atoms with Crippen molar-refractivity contribution in [3.05, 3.63) is 57.7 Å². The fraction of sp³-hybridized carbons (Fsp3) is 0.125. The Morgan fingerprint density at radius 1 is 1.29 bits per heavy atom. The summed E-state index contributed by atoms with van der Waals surface area (Å²) in [5, 5.41) is 5.26. The van der Waals surface area contributed by atoms with Crippen LogP contribution in [0.25, 0.3) is 10.9 Å². The van der Waals surface area contributed by atoms with Gasteiger partial charge in [-0.25, -0.2) is 0 Å². The molecule has 21 heavy (non-hydrogen) atoms. The lowest BCUT2D eigenvalue weighted by Crippen LogP contribution is -2.02. The van der Waals surface area contributed by atoms with Crippen LogP contribution in [0.3, 0.4) is 0 Å². The van der Waals surface area contributed by atoms with Crippen LogP contribution < -0.4 is 10.1 Å². The fourth-order valence-electron chi connectivity index (χ4n) is 2.39. The number of nitrogens with one attached hydrogen (secondary N) is 2.